The van der Waals surface area contributed by atoms with Gasteiger partial charge in [-0.2, -0.15) is 23.5 Å². The second kappa shape index (κ2) is 8.35. The molecule has 4 atom stereocenters. The Morgan fingerprint density at radius 1 is 1.24 bits per heavy atom. The number of halogens is 2. The summed E-state index contributed by atoms with van der Waals surface area (Å²) in [6.07, 6.45) is 1.13. The molecule has 0 bridgehead atoms. The van der Waals surface area contributed by atoms with E-state index in [1.165, 1.54) is 11.3 Å². The van der Waals surface area contributed by atoms with E-state index in [2.05, 4.69) is 55.7 Å². The van der Waals surface area contributed by atoms with Crippen molar-refractivity contribution in [1.29, 1.82) is 0 Å². The molecule has 0 aliphatic carbocycles. The lowest BCUT2D eigenvalue weighted by Gasteiger charge is -2.36. The maximum Gasteiger partial charge on any atom is 0.0595 e. The first-order chi connectivity index (χ1) is 10.0. The van der Waals surface area contributed by atoms with Crippen molar-refractivity contribution in [3.63, 3.8) is 0 Å². The molecule has 0 amide bonds. The van der Waals surface area contributed by atoms with E-state index in [4.69, 9.17) is 23.2 Å². The van der Waals surface area contributed by atoms with E-state index in [1.54, 1.807) is 0 Å². The summed E-state index contributed by atoms with van der Waals surface area (Å²) in [5, 5.41) is 6.96. The lowest BCUT2D eigenvalue weighted by atomic mass is 10.0. The minimum absolute atomic E-state index is 0.340. The molecule has 21 heavy (non-hydrogen) atoms. The van der Waals surface area contributed by atoms with Crippen LogP contribution in [0.5, 0.6) is 0 Å². The fourth-order valence-electron chi connectivity index (χ4n) is 2.45. The summed E-state index contributed by atoms with van der Waals surface area (Å²) in [5.41, 5.74) is 1.25. The van der Waals surface area contributed by atoms with Crippen molar-refractivity contribution >= 4 is 46.7 Å². The Morgan fingerprint density at radius 3 is 2.62 bits per heavy atom. The van der Waals surface area contributed by atoms with Crippen molar-refractivity contribution in [2.75, 3.05) is 12.3 Å². The lowest BCUT2D eigenvalue weighted by Crippen LogP contribution is -2.37. The Morgan fingerprint density at radius 2 is 2.00 bits per heavy atom. The van der Waals surface area contributed by atoms with Gasteiger partial charge in [-0.1, -0.05) is 50.0 Å². The van der Waals surface area contributed by atoms with Gasteiger partial charge < -0.3 is 5.32 Å². The molecule has 2 rings (SSSR count). The number of nitrogens with one attached hydrogen (secondary N) is 1. The molecule has 1 heterocycles. The van der Waals surface area contributed by atoms with Gasteiger partial charge in [-0.3, -0.25) is 0 Å². The third-order valence-corrected chi connectivity index (χ3v) is 8.10. The average Bonchev–Trinajstić information content (AvgIpc) is 2.46. The Kier molecular flexibility index (Phi) is 7.08. The summed E-state index contributed by atoms with van der Waals surface area (Å²) in [7, 11) is 0. The molecule has 0 radical (unpaired) electrons. The number of benzene rings is 1. The zero-order valence-corrected chi connectivity index (χ0v) is 15.9. The highest BCUT2D eigenvalue weighted by molar-refractivity contribution is 8.07. The average molecular weight is 364 g/mol. The van der Waals surface area contributed by atoms with E-state index in [0.717, 1.165) is 18.2 Å². The van der Waals surface area contributed by atoms with Crippen molar-refractivity contribution in [2.45, 2.75) is 49.0 Å². The molecule has 1 fully saturated rings. The largest absolute Gasteiger partial charge is 0.309 e. The van der Waals surface area contributed by atoms with Gasteiger partial charge in [-0.05, 0) is 30.7 Å². The Labute approximate surface area is 146 Å². The van der Waals surface area contributed by atoms with Crippen LogP contribution in [0.3, 0.4) is 0 Å². The van der Waals surface area contributed by atoms with E-state index in [1.807, 2.05) is 12.1 Å². The second-order valence-corrected chi connectivity index (χ2v) is 9.37. The summed E-state index contributed by atoms with van der Waals surface area (Å²) < 4.78 is 0. The van der Waals surface area contributed by atoms with Crippen LogP contribution >= 0.6 is 46.7 Å². The smallest absolute Gasteiger partial charge is 0.0595 e. The van der Waals surface area contributed by atoms with E-state index < -0.39 is 0 Å². The zero-order chi connectivity index (χ0) is 15.4. The van der Waals surface area contributed by atoms with Crippen LogP contribution in [0.1, 0.15) is 38.8 Å². The number of thioether (sulfide) groups is 2. The third-order valence-electron chi connectivity index (χ3n) is 3.86. The maximum absolute atomic E-state index is 6.21. The fourth-order valence-corrected chi connectivity index (χ4v) is 5.88. The Bertz CT molecular complexity index is 470. The minimum Gasteiger partial charge on any atom is -0.309 e. The second-order valence-electron chi connectivity index (χ2n) is 5.52. The van der Waals surface area contributed by atoms with E-state index in [-0.39, 0.29) is 0 Å². The van der Waals surface area contributed by atoms with Gasteiger partial charge in [0, 0.05) is 27.5 Å². The molecule has 0 spiro atoms. The molecule has 1 saturated heterocycles. The van der Waals surface area contributed by atoms with Gasteiger partial charge in [0.1, 0.15) is 0 Å². The molecule has 1 nitrogen and oxygen atoms in total. The molecule has 1 aromatic carbocycles. The van der Waals surface area contributed by atoms with Gasteiger partial charge in [-0.25, -0.2) is 0 Å². The zero-order valence-electron chi connectivity index (χ0n) is 12.7. The van der Waals surface area contributed by atoms with Gasteiger partial charge in [-0.15, -0.1) is 0 Å². The third kappa shape index (κ3) is 4.71. The van der Waals surface area contributed by atoms with Crippen LogP contribution in [-0.2, 0) is 0 Å². The monoisotopic (exact) mass is 363 g/mol. The van der Waals surface area contributed by atoms with Crippen molar-refractivity contribution in [2.24, 2.45) is 0 Å². The lowest BCUT2D eigenvalue weighted by molar-refractivity contribution is 0.528. The molecule has 1 aliphatic heterocycles. The molecule has 0 aromatic heterocycles. The van der Waals surface area contributed by atoms with Crippen molar-refractivity contribution in [1.82, 2.24) is 5.32 Å². The molecule has 4 unspecified atom stereocenters. The Hall–Kier alpha value is 0.460. The topological polar surface area (TPSA) is 12.0 Å². The van der Waals surface area contributed by atoms with Crippen LogP contribution < -0.4 is 5.32 Å². The highest BCUT2D eigenvalue weighted by Gasteiger charge is 2.32. The summed E-state index contributed by atoms with van der Waals surface area (Å²) in [5.74, 6) is 1.18. The highest BCUT2D eigenvalue weighted by Crippen LogP contribution is 2.41. The van der Waals surface area contributed by atoms with Crippen molar-refractivity contribution in [3.05, 3.63) is 33.8 Å². The van der Waals surface area contributed by atoms with Crippen LogP contribution in [0.15, 0.2) is 18.2 Å². The quantitative estimate of drug-likeness (QED) is 0.724. The summed E-state index contributed by atoms with van der Waals surface area (Å²) in [6.45, 7) is 7.88. The van der Waals surface area contributed by atoms with Crippen molar-refractivity contribution in [3.8, 4) is 0 Å². The first-order valence-electron chi connectivity index (χ1n) is 7.48. The van der Waals surface area contributed by atoms with Gasteiger partial charge in [0.05, 0.1) is 10.0 Å². The van der Waals surface area contributed by atoms with E-state index in [9.17, 15) is 0 Å². The Balaban J connectivity index is 2.19. The van der Waals surface area contributed by atoms with Gasteiger partial charge in [0.2, 0.25) is 0 Å². The van der Waals surface area contributed by atoms with Gasteiger partial charge >= 0.3 is 0 Å². The van der Waals surface area contributed by atoms with Gasteiger partial charge in [0.15, 0.2) is 0 Å². The first kappa shape index (κ1) is 17.8. The summed E-state index contributed by atoms with van der Waals surface area (Å²) in [6, 6.07) is 6.37. The number of hydrogen-bond acceptors (Lipinski definition) is 3. The van der Waals surface area contributed by atoms with Gasteiger partial charge in [0.25, 0.3) is 0 Å². The fraction of sp³-hybridized carbons (Fsp3) is 0.625. The standard InChI is InChI=1S/C16H23Cl2NS2/c1-4-7-19-16(12-5-6-13(17)14(18)8-12)15-9-20-10(2)11(3)21-15/h5-6,8,10-11,15-16,19H,4,7,9H2,1-3H3. The first-order valence-corrected chi connectivity index (χ1v) is 10.2. The maximum atomic E-state index is 6.21. The predicted molar refractivity (Wildman–Crippen MR) is 100 cm³/mol. The minimum atomic E-state index is 0.340. The molecular weight excluding hydrogens is 341 g/mol. The van der Waals surface area contributed by atoms with Crippen LogP contribution in [0.4, 0.5) is 0 Å². The molecule has 118 valence electrons. The molecule has 1 aromatic rings. The summed E-state index contributed by atoms with van der Waals surface area (Å²) >= 11 is 16.4. The normalized spacial score (nSPS) is 27.6. The number of hydrogen-bond donors (Lipinski definition) is 1. The SMILES string of the molecule is CCCNC(c1ccc(Cl)c(Cl)c1)C1CSC(C)C(C)S1. The molecule has 0 saturated carbocycles. The van der Waals surface area contributed by atoms with E-state index >= 15 is 0 Å². The summed E-state index contributed by atoms with van der Waals surface area (Å²) in [4.78, 5) is 0. The van der Waals surface area contributed by atoms with E-state index in [0.29, 0.717) is 26.6 Å². The predicted octanol–water partition coefficient (Wildman–Crippen LogP) is 5.66. The number of rotatable bonds is 5. The highest BCUT2D eigenvalue weighted by atomic mass is 35.5. The van der Waals surface area contributed by atoms with Crippen LogP contribution in [0.2, 0.25) is 10.0 Å². The molecule has 5 heteroatoms. The molecular formula is C16H23Cl2NS2. The van der Waals surface area contributed by atoms with Crippen molar-refractivity contribution < 1.29 is 0 Å². The van der Waals surface area contributed by atoms with Crippen LogP contribution in [-0.4, -0.2) is 28.0 Å². The van der Waals surface area contributed by atoms with Crippen LogP contribution in [0.25, 0.3) is 0 Å². The van der Waals surface area contributed by atoms with Crippen LogP contribution in [0, 0.1) is 0 Å². The molecule has 1 aliphatic rings. The molecule has 1 N–H and O–H groups in total.